The number of nitrogens with zero attached hydrogens (tertiary/aromatic N) is 4. The summed E-state index contributed by atoms with van der Waals surface area (Å²) in [6.07, 6.45) is 2.27. The molecule has 2 heterocycles. The van der Waals surface area contributed by atoms with E-state index in [1.165, 1.54) is 11.1 Å². The molecule has 0 bridgehead atoms. The molecule has 1 fully saturated rings. The predicted octanol–water partition coefficient (Wildman–Crippen LogP) is 3.77. The molecular formula is C22H28BrN5O2. The molecule has 2 aromatic rings. The molecule has 1 aliphatic heterocycles. The topological polar surface area (TPSA) is 70.6 Å². The number of amides is 1. The molecule has 8 heteroatoms. The summed E-state index contributed by atoms with van der Waals surface area (Å²) >= 11 is 3.57. The van der Waals surface area contributed by atoms with Gasteiger partial charge in [0, 0.05) is 55.7 Å². The number of piperazine rings is 1. The largest absolute Gasteiger partial charge is 0.444 e. The van der Waals surface area contributed by atoms with Crippen molar-refractivity contribution in [3.05, 3.63) is 40.3 Å². The molecule has 0 radical (unpaired) electrons. The molecule has 1 aliphatic carbocycles. The van der Waals surface area contributed by atoms with Crippen LogP contribution in [-0.4, -0.2) is 70.7 Å². The third kappa shape index (κ3) is 4.75. The minimum Gasteiger partial charge on any atom is -0.444 e. The van der Waals surface area contributed by atoms with Gasteiger partial charge in [-0.05, 0) is 44.0 Å². The Morgan fingerprint density at radius 1 is 1.20 bits per heavy atom. The second-order valence-corrected chi connectivity index (χ2v) is 9.67. The van der Waals surface area contributed by atoms with Crippen LogP contribution in [-0.2, 0) is 11.2 Å². The van der Waals surface area contributed by atoms with E-state index in [2.05, 4.69) is 54.3 Å². The van der Waals surface area contributed by atoms with Gasteiger partial charge < -0.3 is 15.0 Å². The number of rotatable bonds is 4. The van der Waals surface area contributed by atoms with Gasteiger partial charge in [-0.3, -0.25) is 4.90 Å². The van der Waals surface area contributed by atoms with Crippen LogP contribution in [0.1, 0.15) is 32.0 Å². The summed E-state index contributed by atoms with van der Waals surface area (Å²) in [6.45, 7) is 10.5. The summed E-state index contributed by atoms with van der Waals surface area (Å²) in [6, 6.07) is 6.36. The second kappa shape index (κ2) is 8.51. The van der Waals surface area contributed by atoms with E-state index >= 15 is 0 Å². The van der Waals surface area contributed by atoms with Crippen LogP contribution in [0.4, 0.5) is 10.6 Å². The smallest absolute Gasteiger partial charge is 0.410 e. The quantitative estimate of drug-likeness (QED) is 0.621. The molecule has 7 nitrogen and oxygen atoms in total. The highest BCUT2D eigenvalue weighted by atomic mass is 79.9. The minimum atomic E-state index is -0.454. The average molecular weight is 474 g/mol. The molecule has 1 aromatic carbocycles. The van der Waals surface area contributed by atoms with Crippen molar-refractivity contribution in [1.82, 2.24) is 19.8 Å². The van der Waals surface area contributed by atoms with Gasteiger partial charge in [-0.25, -0.2) is 14.8 Å². The highest BCUT2D eigenvalue weighted by molar-refractivity contribution is 9.10. The maximum absolute atomic E-state index is 12.2. The van der Waals surface area contributed by atoms with Crippen molar-refractivity contribution in [1.29, 1.82) is 0 Å². The number of hydrogen-bond donors (Lipinski definition) is 1. The van der Waals surface area contributed by atoms with E-state index in [1.54, 1.807) is 11.2 Å². The number of carbonyl (C=O) groups is 1. The van der Waals surface area contributed by atoms with Gasteiger partial charge in [0.15, 0.2) is 0 Å². The number of halogens is 1. The first-order valence-electron chi connectivity index (χ1n) is 10.4. The molecule has 0 atom stereocenters. The van der Waals surface area contributed by atoms with E-state index in [4.69, 9.17) is 4.74 Å². The number of anilines is 1. The fourth-order valence-corrected chi connectivity index (χ4v) is 4.26. The van der Waals surface area contributed by atoms with E-state index < -0.39 is 5.60 Å². The van der Waals surface area contributed by atoms with Gasteiger partial charge in [-0.2, -0.15) is 0 Å². The lowest BCUT2D eigenvalue weighted by Crippen LogP contribution is -2.50. The number of benzene rings is 1. The molecule has 4 rings (SSSR count). The van der Waals surface area contributed by atoms with Gasteiger partial charge in [0.25, 0.3) is 0 Å². The van der Waals surface area contributed by atoms with Crippen molar-refractivity contribution in [2.75, 3.05) is 44.6 Å². The monoisotopic (exact) mass is 473 g/mol. The molecule has 160 valence electrons. The van der Waals surface area contributed by atoms with Crippen molar-refractivity contribution in [2.24, 2.45) is 0 Å². The molecule has 1 amide bonds. The zero-order valence-electron chi connectivity index (χ0n) is 17.7. The Kier molecular flexibility index (Phi) is 5.97. The van der Waals surface area contributed by atoms with E-state index in [9.17, 15) is 4.79 Å². The Hall–Kier alpha value is -2.19. The van der Waals surface area contributed by atoms with Crippen LogP contribution in [0.5, 0.6) is 0 Å². The van der Waals surface area contributed by atoms with Gasteiger partial charge in [0.2, 0.25) is 0 Å². The molecule has 0 spiro atoms. The average Bonchev–Trinajstić information content (AvgIpc) is 3.06. The molecule has 1 N–H and O–H groups in total. The van der Waals surface area contributed by atoms with Crippen LogP contribution in [0.3, 0.4) is 0 Å². The van der Waals surface area contributed by atoms with Gasteiger partial charge in [0.05, 0.1) is 5.69 Å². The summed E-state index contributed by atoms with van der Waals surface area (Å²) in [5.74, 6) is 0.893. The minimum absolute atomic E-state index is 0.221. The number of carbonyl (C=O) groups excluding carboxylic acids is 1. The first-order chi connectivity index (χ1) is 14.3. The van der Waals surface area contributed by atoms with E-state index in [0.717, 1.165) is 54.1 Å². The third-order valence-electron chi connectivity index (χ3n) is 5.37. The number of hydrogen-bond acceptors (Lipinski definition) is 6. The second-order valence-electron chi connectivity index (χ2n) is 8.76. The third-order valence-corrected chi connectivity index (χ3v) is 5.86. The highest BCUT2D eigenvalue weighted by Crippen LogP contribution is 2.40. The Balaban J connectivity index is 1.31. The summed E-state index contributed by atoms with van der Waals surface area (Å²) in [4.78, 5) is 25.4. The van der Waals surface area contributed by atoms with Crippen LogP contribution in [0.15, 0.2) is 29.0 Å². The summed E-state index contributed by atoms with van der Waals surface area (Å²) in [7, 11) is 0. The number of fused-ring (bicyclic) bond motifs is 3. The molecule has 2 aliphatic rings. The lowest BCUT2D eigenvalue weighted by atomic mass is 10.1. The van der Waals surface area contributed by atoms with Crippen molar-refractivity contribution >= 4 is 27.8 Å². The van der Waals surface area contributed by atoms with Gasteiger partial charge in [-0.15, -0.1) is 0 Å². The fraction of sp³-hybridized carbons (Fsp3) is 0.500. The SMILES string of the molecule is CC(C)(C)OC(=O)N1CCN(CCNc2ncnc3c2-c2cc(Br)ccc2C3)CC1. The van der Waals surface area contributed by atoms with Crippen LogP contribution >= 0.6 is 15.9 Å². The van der Waals surface area contributed by atoms with Crippen molar-refractivity contribution in [3.8, 4) is 11.1 Å². The van der Waals surface area contributed by atoms with Gasteiger partial charge in [0.1, 0.15) is 17.7 Å². The zero-order valence-corrected chi connectivity index (χ0v) is 19.3. The van der Waals surface area contributed by atoms with Gasteiger partial charge >= 0.3 is 6.09 Å². The van der Waals surface area contributed by atoms with Crippen molar-refractivity contribution < 1.29 is 9.53 Å². The first kappa shape index (κ1) is 21.1. The Labute approximate surface area is 186 Å². The number of ether oxygens (including phenoxy) is 1. The summed E-state index contributed by atoms with van der Waals surface area (Å²) < 4.78 is 6.53. The number of nitrogens with one attached hydrogen (secondary N) is 1. The molecular weight excluding hydrogens is 446 g/mol. The maximum Gasteiger partial charge on any atom is 0.410 e. The van der Waals surface area contributed by atoms with E-state index in [1.807, 2.05) is 20.8 Å². The van der Waals surface area contributed by atoms with Crippen LogP contribution in [0, 0.1) is 0 Å². The Bertz CT molecular complexity index is 936. The lowest BCUT2D eigenvalue weighted by molar-refractivity contribution is 0.0148. The fourth-order valence-electron chi connectivity index (χ4n) is 3.90. The summed E-state index contributed by atoms with van der Waals surface area (Å²) in [5, 5.41) is 3.50. The normalized spacial score (nSPS) is 16.2. The molecule has 1 aromatic heterocycles. The Morgan fingerprint density at radius 3 is 2.70 bits per heavy atom. The predicted molar refractivity (Wildman–Crippen MR) is 121 cm³/mol. The summed E-state index contributed by atoms with van der Waals surface area (Å²) in [5.41, 5.74) is 4.23. The molecule has 1 saturated heterocycles. The van der Waals surface area contributed by atoms with Gasteiger partial charge in [-0.1, -0.05) is 22.0 Å². The zero-order chi connectivity index (χ0) is 21.3. The van der Waals surface area contributed by atoms with Crippen molar-refractivity contribution in [3.63, 3.8) is 0 Å². The molecule has 30 heavy (non-hydrogen) atoms. The molecule has 0 saturated carbocycles. The van der Waals surface area contributed by atoms with Crippen molar-refractivity contribution in [2.45, 2.75) is 32.8 Å². The molecule has 0 unspecified atom stereocenters. The standard InChI is InChI=1S/C22H28BrN5O2/c1-22(2,3)30-21(29)28-10-8-27(9-11-28)7-6-24-20-19-17-13-16(23)5-4-15(17)12-18(19)25-14-26-20/h4-5,13-14H,6-12H2,1-3H3,(H,24,25,26). The Morgan fingerprint density at radius 2 is 1.97 bits per heavy atom. The van der Waals surface area contributed by atoms with E-state index in [0.29, 0.717) is 13.1 Å². The van der Waals surface area contributed by atoms with E-state index in [-0.39, 0.29) is 6.09 Å². The first-order valence-corrected chi connectivity index (χ1v) is 11.2. The van der Waals surface area contributed by atoms with Crippen LogP contribution < -0.4 is 5.32 Å². The number of aromatic nitrogens is 2. The van der Waals surface area contributed by atoms with Crippen LogP contribution in [0.25, 0.3) is 11.1 Å². The maximum atomic E-state index is 12.2. The lowest BCUT2D eigenvalue weighted by Gasteiger charge is -2.35. The van der Waals surface area contributed by atoms with Crippen LogP contribution in [0.2, 0.25) is 0 Å². The highest BCUT2D eigenvalue weighted by Gasteiger charge is 2.26.